The number of benzene rings is 4. The van der Waals surface area contributed by atoms with Crippen molar-refractivity contribution in [3.05, 3.63) is 119 Å². The maximum absolute atomic E-state index is 13.4. The molecular weight excluding hydrogens is 562 g/mol. The third-order valence-corrected chi connectivity index (χ3v) is 8.77. The molecule has 2 atom stereocenters. The fourth-order valence-corrected chi connectivity index (χ4v) is 6.47. The van der Waals surface area contributed by atoms with E-state index in [1.165, 1.54) is 5.56 Å². The summed E-state index contributed by atoms with van der Waals surface area (Å²) in [5, 5.41) is 14.9. The highest BCUT2D eigenvalue weighted by Gasteiger charge is 2.65. The van der Waals surface area contributed by atoms with Crippen LogP contribution in [-0.2, 0) is 21.4 Å². The number of carbonyl (C=O) groups excluding carboxylic acids is 1. The third kappa shape index (κ3) is 4.96. The number of anilines is 1. The predicted octanol–water partition coefficient (Wildman–Crippen LogP) is 7.51. The van der Waals surface area contributed by atoms with Crippen molar-refractivity contribution < 1.29 is 19.4 Å². The molecule has 1 spiro atoms. The number of carbonyl (C=O) groups is 2. The van der Waals surface area contributed by atoms with Crippen LogP contribution in [-0.4, -0.2) is 34.4 Å². The summed E-state index contributed by atoms with van der Waals surface area (Å²) in [5.74, 6) is 1.08. The summed E-state index contributed by atoms with van der Waals surface area (Å²) in [6.45, 7) is 1.87. The zero-order valence-corrected chi connectivity index (χ0v) is 24.5. The highest BCUT2D eigenvalue weighted by atomic mass is 35.5. The summed E-state index contributed by atoms with van der Waals surface area (Å²) in [7, 11) is 1.70. The molecule has 1 aliphatic heterocycles. The Morgan fingerprint density at radius 3 is 2.35 bits per heavy atom. The van der Waals surface area contributed by atoms with Crippen molar-refractivity contribution in [1.82, 2.24) is 9.78 Å². The van der Waals surface area contributed by atoms with E-state index in [0.29, 0.717) is 5.02 Å². The van der Waals surface area contributed by atoms with Gasteiger partial charge in [0.2, 0.25) is 5.91 Å². The quantitative estimate of drug-likeness (QED) is 0.199. The first-order chi connectivity index (χ1) is 20.9. The second-order valence-corrected chi connectivity index (χ2v) is 11.1. The van der Waals surface area contributed by atoms with Gasteiger partial charge in [-0.1, -0.05) is 67.1 Å². The van der Waals surface area contributed by atoms with Gasteiger partial charge in [-0.15, -0.1) is 0 Å². The SMILES string of the molecule is CCc1cc(C2CC23C(=O)Nc2cc(Cl)c(-c4ccc(-c5ccc(-n6cccn6)cc5)cc4)cc23)ccc1OC.O=CO. The van der Waals surface area contributed by atoms with Gasteiger partial charge < -0.3 is 15.2 Å². The number of rotatable bonds is 6. The van der Waals surface area contributed by atoms with Gasteiger partial charge in [0.05, 0.1) is 23.2 Å². The summed E-state index contributed by atoms with van der Waals surface area (Å²) in [5.41, 5.74) is 8.87. The summed E-state index contributed by atoms with van der Waals surface area (Å²) >= 11 is 6.78. The van der Waals surface area contributed by atoms with Gasteiger partial charge in [-0.05, 0) is 82.6 Å². The van der Waals surface area contributed by atoms with Gasteiger partial charge in [-0.25, -0.2) is 4.68 Å². The van der Waals surface area contributed by atoms with Gasteiger partial charge in [0.25, 0.3) is 6.47 Å². The van der Waals surface area contributed by atoms with E-state index < -0.39 is 5.41 Å². The van der Waals surface area contributed by atoms with Crippen LogP contribution in [0.2, 0.25) is 5.02 Å². The molecular formula is C35H30ClN3O4. The third-order valence-electron chi connectivity index (χ3n) is 8.46. The van der Waals surface area contributed by atoms with Crippen LogP contribution in [0.3, 0.4) is 0 Å². The molecule has 1 fully saturated rings. The van der Waals surface area contributed by atoms with E-state index >= 15 is 0 Å². The predicted molar refractivity (Wildman–Crippen MR) is 168 cm³/mol. The molecule has 7 rings (SSSR count). The van der Waals surface area contributed by atoms with Crippen LogP contribution in [0.1, 0.15) is 36.0 Å². The molecule has 1 aromatic heterocycles. The van der Waals surface area contributed by atoms with E-state index in [4.69, 9.17) is 26.2 Å². The number of aromatic nitrogens is 2. The van der Waals surface area contributed by atoms with Gasteiger partial charge in [-0.2, -0.15) is 5.10 Å². The minimum atomic E-state index is -0.551. The van der Waals surface area contributed by atoms with Crippen molar-refractivity contribution >= 4 is 29.7 Å². The molecule has 2 unspecified atom stereocenters. The van der Waals surface area contributed by atoms with Crippen LogP contribution in [0.4, 0.5) is 5.69 Å². The van der Waals surface area contributed by atoms with E-state index in [0.717, 1.165) is 63.3 Å². The molecule has 43 heavy (non-hydrogen) atoms. The van der Waals surface area contributed by atoms with Crippen LogP contribution < -0.4 is 10.1 Å². The number of hydrogen-bond acceptors (Lipinski definition) is 4. The van der Waals surface area contributed by atoms with Crippen LogP contribution in [0.5, 0.6) is 5.75 Å². The number of halogens is 1. The average molecular weight is 592 g/mol. The zero-order chi connectivity index (χ0) is 30.1. The van der Waals surface area contributed by atoms with Gasteiger partial charge in [-0.3, -0.25) is 9.59 Å². The Morgan fingerprint density at radius 1 is 1.05 bits per heavy atom. The summed E-state index contributed by atoms with van der Waals surface area (Å²) < 4.78 is 7.37. The van der Waals surface area contributed by atoms with E-state index in [1.807, 2.05) is 29.1 Å². The highest BCUT2D eigenvalue weighted by molar-refractivity contribution is 6.34. The monoisotopic (exact) mass is 591 g/mol. The standard InChI is InChI=1S/C34H28ClN3O2.CH2O2/c1-3-21-17-25(11-14-32(21)40-2)29-20-34(29)28-18-27(30(35)19-31(28)37-33(34)39)24-7-5-22(6-8-24)23-9-12-26(13-10-23)38-16-4-15-36-38;2-1-3/h4-19,29H,3,20H2,1-2H3,(H,37,39);1H,(H,2,3). The molecule has 2 heterocycles. The zero-order valence-electron chi connectivity index (χ0n) is 23.8. The summed E-state index contributed by atoms with van der Waals surface area (Å²) in [6.07, 6.45) is 5.37. The largest absolute Gasteiger partial charge is 0.496 e. The Kier molecular flexibility index (Phi) is 7.50. The number of nitrogens with zero attached hydrogens (tertiary/aromatic N) is 2. The fourth-order valence-electron chi connectivity index (χ4n) is 6.20. The van der Waals surface area contributed by atoms with Crippen molar-refractivity contribution in [1.29, 1.82) is 0 Å². The molecule has 8 heteroatoms. The van der Waals surface area contributed by atoms with Gasteiger partial charge in [0.15, 0.2) is 0 Å². The van der Waals surface area contributed by atoms with Crippen molar-refractivity contribution in [2.75, 3.05) is 12.4 Å². The molecule has 5 aromatic rings. The molecule has 0 bridgehead atoms. The first-order valence-electron chi connectivity index (χ1n) is 14.0. The van der Waals surface area contributed by atoms with Crippen molar-refractivity contribution in [3.8, 4) is 33.7 Å². The molecule has 2 N–H and O–H groups in total. The van der Waals surface area contributed by atoms with E-state index in [-0.39, 0.29) is 18.3 Å². The topological polar surface area (TPSA) is 93.5 Å². The van der Waals surface area contributed by atoms with Crippen molar-refractivity contribution in [2.24, 2.45) is 0 Å². The summed E-state index contributed by atoms with van der Waals surface area (Å²) in [6, 6.07) is 29.0. The molecule has 1 saturated carbocycles. The molecule has 4 aromatic carbocycles. The number of hydrogen-bond donors (Lipinski definition) is 2. The Bertz CT molecular complexity index is 1800. The second-order valence-electron chi connectivity index (χ2n) is 10.7. The lowest BCUT2D eigenvalue weighted by Crippen LogP contribution is -2.21. The lowest BCUT2D eigenvalue weighted by Gasteiger charge is -2.14. The number of carboxylic acid groups (broad SMARTS) is 1. The minimum Gasteiger partial charge on any atom is -0.496 e. The van der Waals surface area contributed by atoms with Crippen LogP contribution >= 0.6 is 11.6 Å². The van der Waals surface area contributed by atoms with Crippen molar-refractivity contribution in [3.63, 3.8) is 0 Å². The molecule has 1 aliphatic carbocycles. The maximum Gasteiger partial charge on any atom is 0.290 e. The van der Waals surface area contributed by atoms with Crippen molar-refractivity contribution in [2.45, 2.75) is 31.1 Å². The highest BCUT2D eigenvalue weighted by Crippen LogP contribution is 2.65. The first-order valence-corrected chi connectivity index (χ1v) is 14.4. The average Bonchev–Trinajstić information content (AvgIpc) is 3.42. The Labute approximate surface area is 254 Å². The Balaban J connectivity index is 0.00000105. The number of fused-ring (bicyclic) bond motifs is 2. The molecule has 2 aliphatic rings. The fraction of sp³-hybridized carbons (Fsp3) is 0.171. The number of nitrogens with one attached hydrogen (secondary N) is 1. The van der Waals surface area contributed by atoms with E-state index in [2.05, 4.69) is 84.1 Å². The first kappa shape index (κ1) is 28.2. The molecule has 1 amide bonds. The number of amides is 1. The maximum atomic E-state index is 13.4. The van der Waals surface area contributed by atoms with Gasteiger partial charge in [0.1, 0.15) is 5.75 Å². The lowest BCUT2D eigenvalue weighted by atomic mass is 9.89. The van der Waals surface area contributed by atoms with Gasteiger partial charge in [0, 0.05) is 29.6 Å². The number of ether oxygens (including phenoxy) is 1. The van der Waals surface area contributed by atoms with Crippen LogP contribution in [0, 0.1) is 0 Å². The smallest absolute Gasteiger partial charge is 0.290 e. The minimum absolute atomic E-state index is 0.0588. The van der Waals surface area contributed by atoms with E-state index in [9.17, 15) is 4.79 Å². The second kappa shape index (κ2) is 11.4. The lowest BCUT2D eigenvalue weighted by molar-refractivity contribution is -0.123. The summed E-state index contributed by atoms with van der Waals surface area (Å²) in [4.78, 5) is 21.7. The molecule has 7 nitrogen and oxygen atoms in total. The molecule has 216 valence electrons. The van der Waals surface area contributed by atoms with Gasteiger partial charge >= 0.3 is 0 Å². The van der Waals surface area contributed by atoms with E-state index in [1.54, 1.807) is 13.3 Å². The molecule has 0 radical (unpaired) electrons. The molecule has 0 saturated heterocycles. The Morgan fingerprint density at radius 2 is 1.72 bits per heavy atom. The normalized spacial score (nSPS) is 17.9. The Hall–Kier alpha value is -4.88. The van der Waals surface area contributed by atoms with Crippen LogP contribution in [0.25, 0.3) is 27.9 Å². The van der Waals surface area contributed by atoms with Crippen LogP contribution in [0.15, 0.2) is 97.3 Å². The number of methoxy groups -OCH3 is 1. The number of aryl methyl sites for hydroxylation is 1.